The van der Waals surface area contributed by atoms with Gasteiger partial charge in [0.25, 0.3) is 0 Å². The number of nitrogens with zero attached hydrogens (tertiary/aromatic N) is 2. The number of carbonyl (C=O) groups is 1. The summed E-state index contributed by atoms with van der Waals surface area (Å²) in [5.41, 5.74) is 1.25. The van der Waals surface area contributed by atoms with Gasteiger partial charge in [0, 0.05) is 47.5 Å². The molecule has 2 bridgehead atoms. The van der Waals surface area contributed by atoms with Crippen molar-refractivity contribution in [2.24, 2.45) is 11.8 Å². The molecule has 204 valence electrons. The summed E-state index contributed by atoms with van der Waals surface area (Å²) in [6, 6.07) is 7.59. The lowest BCUT2D eigenvalue weighted by atomic mass is 9.73. The summed E-state index contributed by atoms with van der Waals surface area (Å²) < 4.78 is 25.1. The lowest BCUT2D eigenvalue weighted by Gasteiger charge is -2.53. The summed E-state index contributed by atoms with van der Waals surface area (Å²) in [5.74, 6) is 0.110. The number of alkyl carbamates (subject to hydrolysis) is 1. The van der Waals surface area contributed by atoms with Crippen molar-refractivity contribution in [3.05, 3.63) is 36.0 Å². The number of rotatable bonds is 8. The molecule has 3 fully saturated rings. The highest BCUT2D eigenvalue weighted by molar-refractivity contribution is 7.64. The summed E-state index contributed by atoms with van der Waals surface area (Å²) in [7, 11) is -1.02. The van der Waals surface area contributed by atoms with Crippen molar-refractivity contribution in [3.8, 4) is 5.75 Å². The number of methoxy groups -OCH3 is 1. The third kappa shape index (κ3) is 5.81. The number of benzene rings is 1. The zero-order chi connectivity index (χ0) is 27.0. The number of amides is 1. The van der Waals surface area contributed by atoms with Gasteiger partial charge in [-0.2, -0.15) is 0 Å². The van der Waals surface area contributed by atoms with Crippen LogP contribution in [0.15, 0.2) is 30.5 Å². The number of aliphatic hydroxyl groups excluding tert-OH is 1. The van der Waals surface area contributed by atoms with Crippen LogP contribution in [0.1, 0.15) is 59.1 Å². The van der Waals surface area contributed by atoms with E-state index in [9.17, 15) is 14.5 Å². The molecule has 6 atom stereocenters. The smallest absolute Gasteiger partial charge is 0.408 e. The average Bonchev–Trinajstić information content (AvgIpc) is 2.89. The lowest BCUT2D eigenvalue weighted by molar-refractivity contribution is -0.0775. The number of hydrogen-bond acceptors (Lipinski definition) is 7. The van der Waals surface area contributed by atoms with Crippen LogP contribution in [0.25, 0.3) is 10.9 Å². The largest absolute Gasteiger partial charge is 0.497 e. The minimum absolute atomic E-state index is 0.0333. The van der Waals surface area contributed by atoms with Crippen molar-refractivity contribution < 1.29 is 23.9 Å². The van der Waals surface area contributed by atoms with E-state index in [0.29, 0.717) is 24.6 Å². The molecule has 2 N–H and O–H groups in total. The minimum atomic E-state index is -2.65. The van der Waals surface area contributed by atoms with Gasteiger partial charge in [-0.25, -0.2) is 4.79 Å². The Labute approximate surface area is 220 Å². The summed E-state index contributed by atoms with van der Waals surface area (Å²) in [5, 5.41) is 15.0. The summed E-state index contributed by atoms with van der Waals surface area (Å²) in [4.78, 5) is 19.9. The molecule has 0 spiro atoms. The fourth-order valence-corrected chi connectivity index (χ4v) is 8.26. The van der Waals surface area contributed by atoms with Gasteiger partial charge in [-0.3, -0.25) is 9.88 Å². The SMILES string of the molecule is CCP(=O)(CC)C(O)C1CN2CCC1CC2C(OC(=O)NC(C)(C)C)c1ccnc2ccc(OC)cc12. The fraction of sp³-hybridized carbons (Fsp3) is 0.643. The van der Waals surface area contributed by atoms with Crippen molar-refractivity contribution >= 4 is 24.1 Å². The van der Waals surface area contributed by atoms with Crippen LogP contribution in [-0.4, -0.2) is 71.0 Å². The van der Waals surface area contributed by atoms with Crippen LogP contribution >= 0.6 is 7.14 Å². The Morgan fingerprint density at radius 3 is 2.59 bits per heavy atom. The maximum atomic E-state index is 13.4. The van der Waals surface area contributed by atoms with Gasteiger partial charge in [-0.1, -0.05) is 13.8 Å². The van der Waals surface area contributed by atoms with Gasteiger partial charge in [-0.15, -0.1) is 0 Å². The van der Waals surface area contributed by atoms with Gasteiger partial charge in [0.2, 0.25) is 0 Å². The normalized spacial score (nSPS) is 25.5. The summed E-state index contributed by atoms with van der Waals surface area (Å²) in [6.45, 7) is 11.1. The Kier molecular flexibility index (Phi) is 8.22. The number of aromatic nitrogens is 1. The monoisotopic (exact) mass is 531 g/mol. The predicted molar refractivity (Wildman–Crippen MR) is 147 cm³/mol. The minimum Gasteiger partial charge on any atom is -0.497 e. The number of piperidine rings is 3. The van der Waals surface area contributed by atoms with Crippen LogP contribution in [-0.2, 0) is 9.30 Å². The van der Waals surface area contributed by atoms with E-state index in [0.717, 1.165) is 35.9 Å². The molecule has 0 radical (unpaired) electrons. The van der Waals surface area contributed by atoms with E-state index in [1.165, 1.54) is 0 Å². The zero-order valence-corrected chi connectivity index (χ0v) is 23.8. The number of ether oxygens (including phenoxy) is 2. The molecule has 3 aliphatic heterocycles. The molecular weight excluding hydrogens is 489 g/mol. The fourth-order valence-electron chi connectivity index (χ4n) is 6.03. The molecule has 1 aromatic carbocycles. The highest BCUT2D eigenvalue weighted by Crippen LogP contribution is 2.56. The first-order chi connectivity index (χ1) is 17.5. The lowest BCUT2D eigenvalue weighted by Crippen LogP contribution is -2.58. The number of pyridine rings is 1. The topological polar surface area (TPSA) is 101 Å². The van der Waals surface area contributed by atoms with E-state index < -0.39 is 30.7 Å². The van der Waals surface area contributed by atoms with E-state index in [-0.39, 0.29) is 17.9 Å². The maximum Gasteiger partial charge on any atom is 0.408 e. The van der Waals surface area contributed by atoms with E-state index in [1.807, 2.05) is 58.9 Å². The molecule has 8 nitrogen and oxygen atoms in total. The molecule has 2 aromatic rings. The van der Waals surface area contributed by atoms with Gasteiger partial charge in [0.05, 0.1) is 18.7 Å². The molecule has 3 saturated heterocycles. The molecule has 1 aromatic heterocycles. The van der Waals surface area contributed by atoms with Gasteiger partial charge in [-0.05, 0) is 70.3 Å². The van der Waals surface area contributed by atoms with E-state index in [2.05, 4.69) is 15.2 Å². The second kappa shape index (κ2) is 10.9. The molecule has 37 heavy (non-hydrogen) atoms. The van der Waals surface area contributed by atoms with Crippen LogP contribution in [0.5, 0.6) is 5.75 Å². The van der Waals surface area contributed by atoms with E-state index >= 15 is 0 Å². The van der Waals surface area contributed by atoms with Crippen molar-refractivity contribution in [3.63, 3.8) is 0 Å². The Balaban J connectivity index is 1.70. The molecular formula is C28H42N3O5P. The third-order valence-corrected chi connectivity index (χ3v) is 11.6. The Bertz CT molecular complexity index is 1160. The molecule has 9 heteroatoms. The molecule has 3 aliphatic rings. The second-order valence-corrected chi connectivity index (χ2v) is 15.2. The predicted octanol–water partition coefficient (Wildman–Crippen LogP) is 5.24. The second-order valence-electron chi connectivity index (χ2n) is 11.5. The maximum absolute atomic E-state index is 13.4. The van der Waals surface area contributed by atoms with Gasteiger partial charge in [0.15, 0.2) is 0 Å². The first-order valence-electron chi connectivity index (χ1n) is 13.4. The van der Waals surface area contributed by atoms with Gasteiger partial charge < -0.3 is 24.5 Å². The van der Waals surface area contributed by atoms with Gasteiger partial charge >= 0.3 is 6.09 Å². The third-order valence-electron chi connectivity index (χ3n) is 8.14. The summed E-state index contributed by atoms with van der Waals surface area (Å²) >= 11 is 0. The Hall–Kier alpha value is -2.15. The highest BCUT2D eigenvalue weighted by atomic mass is 31.2. The van der Waals surface area contributed by atoms with Crippen LogP contribution in [0.4, 0.5) is 4.79 Å². The van der Waals surface area contributed by atoms with Crippen LogP contribution in [0.3, 0.4) is 0 Å². The summed E-state index contributed by atoms with van der Waals surface area (Å²) in [6.07, 6.45) is 3.48. The number of carbonyl (C=O) groups excluding carboxylic acids is 1. The van der Waals surface area contributed by atoms with Crippen molar-refractivity contribution in [2.75, 3.05) is 32.5 Å². The zero-order valence-electron chi connectivity index (χ0n) is 22.9. The number of fused-ring (bicyclic) bond motifs is 4. The molecule has 0 aliphatic carbocycles. The number of hydrogen-bond donors (Lipinski definition) is 2. The highest BCUT2D eigenvalue weighted by Gasteiger charge is 2.50. The van der Waals surface area contributed by atoms with Gasteiger partial charge in [0.1, 0.15) is 24.8 Å². The van der Waals surface area contributed by atoms with Crippen molar-refractivity contribution in [2.45, 2.75) is 71.0 Å². The van der Waals surface area contributed by atoms with Crippen LogP contribution in [0, 0.1) is 11.8 Å². The van der Waals surface area contributed by atoms with Crippen molar-refractivity contribution in [1.82, 2.24) is 15.2 Å². The quantitative estimate of drug-likeness (QED) is 0.449. The van der Waals surface area contributed by atoms with Crippen LogP contribution < -0.4 is 10.1 Å². The Morgan fingerprint density at radius 2 is 2.00 bits per heavy atom. The molecule has 1 amide bonds. The van der Waals surface area contributed by atoms with E-state index in [4.69, 9.17) is 9.47 Å². The first kappa shape index (κ1) is 27.9. The molecule has 6 unspecified atom stereocenters. The molecule has 4 heterocycles. The Morgan fingerprint density at radius 1 is 1.27 bits per heavy atom. The number of aliphatic hydroxyl groups is 1. The first-order valence-corrected chi connectivity index (χ1v) is 15.6. The van der Waals surface area contributed by atoms with Crippen molar-refractivity contribution in [1.29, 1.82) is 0 Å². The number of nitrogens with one attached hydrogen (secondary N) is 1. The van der Waals surface area contributed by atoms with Crippen LogP contribution in [0.2, 0.25) is 0 Å². The average molecular weight is 532 g/mol. The van der Waals surface area contributed by atoms with E-state index in [1.54, 1.807) is 13.3 Å². The molecule has 0 saturated carbocycles. The molecule has 5 rings (SSSR count). The standard InChI is InChI=1S/C28H42N3O5P/c1-7-37(34,8-2)26(32)22-17-31-14-12-18(22)15-24(31)25(36-27(33)30-28(3,4)5)20-11-13-29-23-10-9-19(35-6)16-21(20)23/h9-11,13,16,18,22,24-26,32H,7-8,12,14-15,17H2,1-6H3,(H,30,33).